The molecule has 174 valence electrons. The molecule has 3 rings (SSSR count). The number of rotatable bonds is 7. The summed E-state index contributed by atoms with van der Waals surface area (Å²) in [6.07, 6.45) is -2.82. The Hall–Kier alpha value is -3.36. The van der Waals surface area contributed by atoms with E-state index in [-0.39, 0.29) is 24.3 Å². The van der Waals surface area contributed by atoms with E-state index in [4.69, 9.17) is 5.41 Å². The largest absolute Gasteiger partial charge is 0.416 e. The van der Waals surface area contributed by atoms with Crippen molar-refractivity contribution in [2.24, 2.45) is 4.99 Å². The van der Waals surface area contributed by atoms with Crippen LogP contribution in [0.4, 0.5) is 22.0 Å². The van der Waals surface area contributed by atoms with Crippen LogP contribution in [-0.2, 0) is 11.0 Å². The minimum atomic E-state index is -4.48. The van der Waals surface area contributed by atoms with Crippen LogP contribution in [0.15, 0.2) is 53.5 Å². The smallest absolute Gasteiger partial charge is 0.331 e. The number of amides is 1. The second-order valence-electron chi connectivity index (χ2n) is 7.61. The quantitative estimate of drug-likeness (QED) is 0.389. The van der Waals surface area contributed by atoms with Crippen LogP contribution >= 0.6 is 0 Å². The number of hydrogen-bond acceptors (Lipinski definition) is 3. The van der Waals surface area contributed by atoms with Gasteiger partial charge in [-0.15, -0.1) is 0 Å². The van der Waals surface area contributed by atoms with Crippen molar-refractivity contribution in [1.29, 1.82) is 5.41 Å². The summed E-state index contributed by atoms with van der Waals surface area (Å²) < 4.78 is 66.3. The molecule has 0 spiro atoms. The highest BCUT2D eigenvalue weighted by atomic mass is 19.4. The molecular formula is C24H22F5N3O. The average molecular weight is 463 g/mol. The molecule has 2 N–H and O–H groups in total. The first-order chi connectivity index (χ1) is 15.6. The Bertz CT molecular complexity index is 1100. The van der Waals surface area contributed by atoms with Crippen LogP contribution in [0.5, 0.6) is 0 Å². The maximum Gasteiger partial charge on any atom is 0.416 e. The first-order valence-corrected chi connectivity index (χ1v) is 10.3. The van der Waals surface area contributed by atoms with Gasteiger partial charge in [0.2, 0.25) is 5.91 Å². The third-order valence-electron chi connectivity index (χ3n) is 5.24. The molecule has 0 fully saturated rings. The Labute approximate surface area is 187 Å². The number of nitrogens with zero attached hydrogens (tertiary/aromatic N) is 1. The minimum Gasteiger partial charge on any atom is -0.331 e. The monoisotopic (exact) mass is 463 g/mol. The van der Waals surface area contributed by atoms with E-state index in [2.05, 4.69) is 10.3 Å². The van der Waals surface area contributed by atoms with Crippen molar-refractivity contribution in [3.63, 3.8) is 0 Å². The predicted octanol–water partition coefficient (Wildman–Crippen LogP) is 5.91. The van der Waals surface area contributed by atoms with E-state index >= 15 is 0 Å². The molecule has 1 aliphatic rings. The number of carbonyl (C=O) groups excluding carboxylic acids is 1. The maximum atomic E-state index is 14.5. The highest BCUT2D eigenvalue weighted by Crippen LogP contribution is 2.30. The fourth-order valence-electron chi connectivity index (χ4n) is 3.43. The predicted molar refractivity (Wildman–Crippen MR) is 116 cm³/mol. The van der Waals surface area contributed by atoms with Crippen LogP contribution in [0.3, 0.4) is 0 Å². The standard InChI is InChI=1S/C24H22F5N3O/c1-2-18(30)9-5-15(19-10-8-17(25)12-20(19)26)11-22-31-21(13-23(33)32-22)14-3-6-16(7-4-14)24(27,28)29/h3-4,6-8,10-12,22,30H,2,5,9,13H2,1H3,(H,32,33). The molecule has 1 unspecified atom stereocenters. The van der Waals surface area contributed by atoms with Gasteiger partial charge >= 0.3 is 6.18 Å². The molecule has 1 aliphatic heterocycles. The first-order valence-electron chi connectivity index (χ1n) is 10.3. The Balaban J connectivity index is 1.96. The molecule has 0 saturated carbocycles. The number of alkyl halides is 3. The zero-order chi connectivity index (χ0) is 24.2. The highest BCUT2D eigenvalue weighted by Gasteiger charge is 2.30. The SMILES string of the molecule is CCC(=N)CCC(=CC1N=C(c2ccc(C(F)(F)F)cc2)CC(=O)N1)c1ccc(F)cc1F. The van der Waals surface area contributed by atoms with Crippen LogP contribution in [0, 0.1) is 17.0 Å². The van der Waals surface area contributed by atoms with Gasteiger partial charge in [0.05, 0.1) is 17.7 Å². The fraction of sp³-hybridized carbons (Fsp3) is 0.292. The highest BCUT2D eigenvalue weighted by molar-refractivity contribution is 6.12. The van der Waals surface area contributed by atoms with Crippen molar-refractivity contribution in [3.05, 3.63) is 76.9 Å². The Kier molecular flexibility index (Phi) is 7.40. The van der Waals surface area contributed by atoms with E-state index in [0.29, 0.717) is 35.4 Å². The van der Waals surface area contributed by atoms with E-state index < -0.39 is 29.5 Å². The zero-order valence-electron chi connectivity index (χ0n) is 17.8. The van der Waals surface area contributed by atoms with Crippen LogP contribution in [-0.4, -0.2) is 23.5 Å². The number of benzene rings is 2. The molecule has 9 heteroatoms. The zero-order valence-corrected chi connectivity index (χ0v) is 17.8. The lowest BCUT2D eigenvalue weighted by Crippen LogP contribution is -2.39. The molecular weight excluding hydrogens is 441 g/mol. The van der Waals surface area contributed by atoms with Crippen molar-refractivity contribution < 1.29 is 26.7 Å². The van der Waals surface area contributed by atoms with Gasteiger partial charge in [0.15, 0.2) is 0 Å². The van der Waals surface area contributed by atoms with Gasteiger partial charge in [-0.05, 0) is 60.7 Å². The lowest BCUT2D eigenvalue weighted by molar-refractivity contribution is -0.137. The third-order valence-corrected chi connectivity index (χ3v) is 5.24. The van der Waals surface area contributed by atoms with E-state index in [9.17, 15) is 26.7 Å². The van der Waals surface area contributed by atoms with Crippen molar-refractivity contribution in [2.45, 2.75) is 44.9 Å². The normalized spacial score (nSPS) is 16.9. The van der Waals surface area contributed by atoms with Crippen LogP contribution < -0.4 is 5.32 Å². The van der Waals surface area contributed by atoms with Gasteiger partial charge in [0.1, 0.15) is 17.8 Å². The number of halogens is 5. The Morgan fingerprint density at radius 2 is 1.85 bits per heavy atom. The lowest BCUT2D eigenvalue weighted by atomic mass is 9.96. The van der Waals surface area contributed by atoms with Crippen molar-refractivity contribution in [1.82, 2.24) is 5.32 Å². The van der Waals surface area contributed by atoms with Crippen LogP contribution in [0.1, 0.15) is 49.3 Å². The summed E-state index contributed by atoms with van der Waals surface area (Å²) in [6.45, 7) is 1.83. The summed E-state index contributed by atoms with van der Waals surface area (Å²) in [7, 11) is 0. The fourth-order valence-corrected chi connectivity index (χ4v) is 3.43. The van der Waals surface area contributed by atoms with Gasteiger partial charge in [0.25, 0.3) is 0 Å². The van der Waals surface area contributed by atoms with Gasteiger partial charge < -0.3 is 10.7 Å². The van der Waals surface area contributed by atoms with Crippen molar-refractivity contribution in [2.75, 3.05) is 0 Å². The lowest BCUT2D eigenvalue weighted by Gasteiger charge is -2.21. The molecule has 2 aromatic rings. The summed E-state index contributed by atoms with van der Waals surface area (Å²) in [5.41, 5.74) is 0.883. The summed E-state index contributed by atoms with van der Waals surface area (Å²) in [4.78, 5) is 16.7. The molecule has 33 heavy (non-hydrogen) atoms. The van der Waals surface area contributed by atoms with Gasteiger partial charge in [0, 0.05) is 17.3 Å². The number of allylic oxidation sites excluding steroid dienone is 1. The number of nitrogens with one attached hydrogen (secondary N) is 2. The van der Waals surface area contributed by atoms with Gasteiger partial charge in [-0.3, -0.25) is 9.79 Å². The Morgan fingerprint density at radius 1 is 1.15 bits per heavy atom. The number of hydrogen-bond donors (Lipinski definition) is 2. The van der Waals surface area contributed by atoms with E-state index in [1.165, 1.54) is 24.3 Å². The molecule has 0 saturated heterocycles. The minimum absolute atomic E-state index is 0.115. The molecule has 0 aromatic heterocycles. The molecule has 2 aromatic carbocycles. The molecule has 4 nitrogen and oxygen atoms in total. The van der Waals surface area contributed by atoms with Crippen molar-refractivity contribution in [3.8, 4) is 0 Å². The van der Waals surface area contributed by atoms with E-state index in [1.807, 2.05) is 6.92 Å². The number of aliphatic imine (C=N–C) groups is 1. The molecule has 0 bridgehead atoms. The summed E-state index contributed by atoms with van der Waals surface area (Å²) >= 11 is 0. The third kappa shape index (κ3) is 6.34. The van der Waals surface area contributed by atoms with E-state index in [1.54, 1.807) is 0 Å². The summed E-state index contributed by atoms with van der Waals surface area (Å²) in [5, 5.41) is 10.5. The molecule has 1 heterocycles. The van der Waals surface area contributed by atoms with Crippen molar-refractivity contribution >= 4 is 22.9 Å². The number of carbonyl (C=O) groups is 1. The van der Waals surface area contributed by atoms with Gasteiger partial charge in [-0.2, -0.15) is 13.2 Å². The molecule has 0 radical (unpaired) electrons. The summed E-state index contributed by atoms with van der Waals surface area (Å²) in [6, 6.07) is 7.51. The summed E-state index contributed by atoms with van der Waals surface area (Å²) in [5.74, 6) is -1.90. The van der Waals surface area contributed by atoms with Gasteiger partial charge in [-0.1, -0.05) is 19.1 Å². The Morgan fingerprint density at radius 3 is 2.45 bits per heavy atom. The topological polar surface area (TPSA) is 65.3 Å². The average Bonchev–Trinajstić information content (AvgIpc) is 2.75. The molecule has 1 atom stereocenters. The van der Waals surface area contributed by atoms with Gasteiger partial charge in [-0.25, -0.2) is 8.78 Å². The second kappa shape index (κ2) is 10.1. The van der Waals surface area contributed by atoms with Crippen LogP contribution in [0.2, 0.25) is 0 Å². The van der Waals surface area contributed by atoms with Crippen LogP contribution in [0.25, 0.3) is 5.57 Å². The maximum absolute atomic E-state index is 14.5. The molecule has 0 aliphatic carbocycles. The second-order valence-corrected chi connectivity index (χ2v) is 7.61. The first kappa shape index (κ1) is 24.3. The molecule has 1 amide bonds. The van der Waals surface area contributed by atoms with E-state index in [0.717, 1.165) is 24.3 Å².